The summed E-state index contributed by atoms with van der Waals surface area (Å²) in [5.74, 6) is 0.625. The third-order valence-corrected chi connectivity index (χ3v) is 4.85. The summed E-state index contributed by atoms with van der Waals surface area (Å²) in [7, 11) is -3.71. The number of benzene rings is 1. The minimum Gasteiger partial charge on any atom is -0.370 e. The Kier molecular flexibility index (Phi) is 5.08. The van der Waals surface area contributed by atoms with Crippen molar-refractivity contribution in [1.82, 2.24) is 4.98 Å². The molecule has 0 saturated heterocycles. The van der Waals surface area contributed by atoms with Crippen LogP contribution >= 0.6 is 27.5 Å². The molecule has 8 heteroatoms. The quantitative estimate of drug-likeness (QED) is 0.816. The zero-order valence-corrected chi connectivity index (χ0v) is 14.3. The number of anilines is 2. The zero-order chi connectivity index (χ0) is 15.5. The predicted molar refractivity (Wildman–Crippen MR) is 88.4 cm³/mol. The van der Waals surface area contributed by atoms with E-state index in [2.05, 4.69) is 31.0 Å². The van der Waals surface area contributed by atoms with Gasteiger partial charge in [-0.2, -0.15) is 0 Å². The van der Waals surface area contributed by atoms with Gasteiger partial charge in [-0.3, -0.25) is 4.72 Å². The maximum Gasteiger partial charge on any atom is 0.263 e. The van der Waals surface area contributed by atoms with Crippen molar-refractivity contribution in [2.75, 3.05) is 16.6 Å². The highest BCUT2D eigenvalue weighted by Crippen LogP contribution is 2.28. The van der Waals surface area contributed by atoms with Crippen LogP contribution in [0.1, 0.15) is 6.92 Å². The molecule has 0 amide bonds. The summed E-state index contributed by atoms with van der Waals surface area (Å²) >= 11 is 9.15. The number of hydrogen-bond acceptors (Lipinski definition) is 4. The van der Waals surface area contributed by atoms with Gasteiger partial charge in [0.1, 0.15) is 10.7 Å². The van der Waals surface area contributed by atoms with Crippen LogP contribution in [0.5, 0.6) is 0 Å². The summed E-state index contributed by atoms with van der Waals surface area (Å²) < 4.78 is 27.7. The Balaban J connectivity index is 2.27. The summed E-state index contributed by atoms with van der Waals surface area (Å²) in [6.07, 6.45) is 1.30. The van der Waals surface area contributed by atoms with Crippen LogP contribution in [0.15, 0.2) is 45.9 Å². The smallest absolute Gasteiger partial charge is 0.263 e. The van der Waals surface area contributed by atoms with E-state index in [1.807, 2.05) is 6.92 Å². The Morgan fingerprint density at radius 1 is 1.29 bits per heavy atom. The first kappa shape index (κ1) is 16.1. The lowest BCUT2D eigenvalue weighted by molar-refractivity contribution is 0.601. The molecule has 2 rings (SSSR count). The highest BCUT2D eigenvalue weighted by Gasteiger charge is 2.16. The number of nitrogens with one attached hydrogen (secondary N) is 2. The molecule has 1 aromatic heterocycles. The predicted octanol–water partition coefficient (Wildman–Crippen LogP) is 3.73. The third kappa shape index (κ3) is 4.09. The van der Waals surface area contributed by atoms with Crippen molar-refractivity contribution >= 4 is 49.1 Å². The summed E-state index contributed by atoms with van der Waals surface area (Å²) in [5.41, 5.74) is 0.373. The van der Waals surface area contributed by atoms with Gasteiger partial charge in [-0.25, -0.2) is 13.4 Å². The fourth-order valence-corrected chi connectivity index (χ4v) is 3.27. The van der Waals surface area contributed by atoms with Gasteiger partial charge >= 0.3 is 0 Å². The van der Waals surface area contributed by atoms with Crippen molar-refractivity contribution in [2.24, 2.45) is 0 Å². The largest absolute Gasteiger partial charge is 0.370 e. The molecule has 0 unspecified atom stereocenters. The second-order valence-electron chi connectivity index (χ2n) is 4.14. The second kappa shape index (κ2) is 6.64. The van der Waals surface area contributed by atoms with E-state index in [1.165, 1.54) is 18.3 Å². The van der Waals surface area contributed by atoms with Crippen LogP contribution in [0.3, 0.4) is 0 Å². The zero-order valence-electron chi connectivity index (χ0n) is 11.1. The van der Waals surface area contributed by atoms with Crippen LogP contribution in [0, 0.1) is 0 Å². The molecule has 5 nitrogen and oxygen atoms in total. The van der Waals surface area contributed by atoms with E-state index >= 15 is 0 Å². The first-order valence-electron chi connectivity index (χ1n) is 6.10. The molecule has 112 valence electrons. The first-order valence-corrected chi connectivity index (χ1v) is 8.75. The van der Waals surface area contributed by atoms with E-state index in [0.29, 0.717) is 27.5 Å². The van der Waals surface area contributed by atoms with E-state index in [1.54, 1.807) is 18.2 Å². The number of halogens is 2. The number of pyridine rings is 1. The maximum atomic E-state index is 12.3. The minimum absolute atomic E-state index is 0.0797. The Hall–Kier alpha value is -1.31. The standard InChI is InChI=1S/C13H13BrClN3O2S/c1-2-16-13-6-4-10(8-17-13)21(19,20)18-12-7-9(15)3-5-11(12)14/h3-8,18H,2H2,1H3,(H,16,17). The van der Waals surface area contributed by atoms with Crippen molar-refractivity contribution in [2.45, 2.75) is 11.8 Å². The van der Waals surface area contributed by atoms with Crippen LogP contribution in [0.4, 0.5) is 11.5 Å². The van der Waals surface area contributed by atoms with Gasteiger partial charge in [-0.1, -0.05) is 11.6 Å². The molecule has 0 aliphatic heterocycles. The van der Waals surface area contributed by atoms with Gasteiger partial charge in [0, 0.05) is 22.2 Å². The maximum absolute atomic E-state index is 12.3. The van der Waals surface area contributed by atoms with Gasteiger partial charge in [-0.05, 0) is 53.2 Å². The van der Waals surface area contributed by atoms with E-state index in [9.17, 15) is 8.42 Å². The van der Waals surface area contributed by atoms with Crippen LogP contribution in [-0.4, -0.2) is 19.9 Å². The molecule has 21 heavy (non-hydrogen) atoms. The summed E-state index contributed by atoms with van der Waals surface area (Å²) in [6, 6.07) is 7.98. The molecule has 2 aromatic rings. The van der Waals surface area contributed by atoms with Gasteiger partial charge in [-0.15, -0.1) is 0 Å². The molecular weight excluding hydrogens is 378 g/mol. The van der Waals surface area contributed by atoms with Crippen molar-refractivity contribution in [3.05, 3.63) is 46.0 Å². The second-order valence-corrected chi connectivity index (χ2v) is 7.11. The fraction of sp³-hybridized carbons (Fsp3) is 0.154. The molecule has 0 aliphatic rings. The highest BCUT2D eigenvalue weighted by molar-refractivity contribution is 9.10. The van der Waals surface area contributed by atoms with E-state index in [4.69, 9.17) is 11.6 Å². The van der Waals surface area contributed by atoms with Crippen LogP contribution in [0.25, 0.3) is 0 Å². The minimum atomic E-state index is -3.71. The number of nitrogens with zero attached hydrogens (tertiary/aromatic N) is 1. The number of rotatable bonds is 5. The molecule has 0 spiro atoms. The van der Waals surface area contributed by atoms with Crippen molar-refractivity contribution in [1.29, 1.82) is 0 Å². The Bertz CT molecular complexity index is 736. The molecule has 0 bridgehead atoms. The molecule has 0 radical (unpaired) electrons. The van der Waals surface area contributed by atoms with E-state index in [0.717, 1.165) is 0 Å². The average Bonchev–Trinajstić information content (AvgIpc) is 2.44. The number of sulfonamides is 1. The average molecular weight is 391 g/mol. The molecule has 0 aliphatic carbocycles. The Morgan fingerprint density at radius 3 is 2.67 bits per heavy atom. The monoisotopic (exact) mass is 389 g/mol. The third-order valence-electron chi connectivity index (χ3n) is 2.58. The molecule has 0 fully saturated rings. The first-order chi connectivity index (χ1) is 9.92. The summed E-state index contributed by atoms with van der Waals surface area (Å²) in [5, 5.41) is 3.44. The normalized spacial score (nSPS) is 11.2. The summed E-state index contributed by atoms with van der Waals surface area (Å²) in [6.45, 7) is 2.65. The fourth-order valence-electron chi connectivity index (χ4n) is 1.60. The van der Waals surface area contributed by atoms with E-state index < -0.39 is 10.0 Å². The highest BCUT2D eigenvalue weighted by atomic mass is 79.9. The van der Waals surface area contributed by atoms with Gasteiger partial charge in [0.25, 0.3) is 10.0 Å². The molecule has 2 N–H and O–H groups in total. The van der Waals surface area contributed by atoms with Crippen LogP contribution in [-0.2, 0) is 10.0 Å². The van der Waals surface area contributed by atoms with Gasteiger partial charge in [0.2, 0.25) is 0 Å². The SMILES string of the molecule is CCNc1ccc(S(=O)(=O)Nc2cc(Cl)ccc2Br)cn1. The lowest BCUT2D eigenvalue weighted by Crippen LogP contribution is -2.14. The topological polar surface area (TPSA) is 71.1 Å². The van der Waals surface area contributed by atoms with Crippen molar-refractivity contribution in [3.63, 3.8) is 0 Å². The Morgan fingerprint density at radius 2 is 2.05 bits per heavy atom. The molecule has 1 aromatic carbocycles. The summed E-state index contributed by atoms with van der Waals surface area (Å²) in [4.78, 5) is 4.13. The van der Waals surface area contributed by atoms with Gasteiger partial charge < -0.3 is 5.32 Å². The van der Waals surface area contributed by atoms with E-state index in [-0.39, 0.29) is 4.90 Å². The Labute approximate surface area is 136 Å². The molecular formula is C13H13BrClN3O2S. The number of aromatic nitrogens is 1. The molecule has 1 heterocycles. The van der Waals surface area contributed by atoms with Crippen molar-refractivity contribution < 1.29 is 8.42 Å². The number of hydrogen-bond donors (Lipinski definition) is 2. The van der Waals surface area contributed by atoms with Gasteiger partial charge in [0.15, 0.2) is 0 Å². The van der Waals surface area contributed by atoms with Crippen LogP contribution < -0.4 is 10.0 Å². The molecule has 0 atom stereocenters. The van der Waals surface area contributed by atoms with Crippen molar-refractivity contribution in [3.8, 4) is 0 Å². The lowest BCUT2D eigenvalue weighted by atomic mass is 10.3. The lowest BCUT2D eigenvalue weighted by Gasteiger charge is -2.10. The van der Waals surface area contributed by atoms with Gasteiger partial charge in [0.05, 0.1) is 5.69 Å². The molecule has 0 saturated carbocycles. The van der Waals surface area contributed by atoms with Crippen LogP contribution in [0.2, 0.25) is 5.02 Å².